The summed E-state index contributed by atoms with van der Waals surface area (Å²) in [6.07, 6.45) is 0.157. The van der Waals surface area contributed by atoms with E-state index in [9.17, 15) is 9.59 Å². The number of aromatic nitrogens is 1. The van der Waals surface area contributed by atoms with Crippen LogP contribution in [-0.4, -0.2) is 16.8 Å². The zero-order valence-corrected chi connectivity index (χ0v) is 18.9. The summed E-state index contributed by atoms with van der Waals surface area (Å²) in [6, 6.07) is 18.8. The molecule has 0 saturated carbocycles. The third-order valence-electron chi connectivity index (χ3n) is 4.36. The van der Waals surface area contributed by atoms with Crippen LogP contribution in [0.2, 0.25) is 5.02 Å². The Labute approximate surface area is 192 Å². The lowest BCUT2D eigenvalue weighted by atomic mass is 10.2. The van der Waals surface area contributed by atoms with Gasteiger partial charge in [-0.3, -0.25) is 9.59 Å². The maximum absolute atomic E-state index is 12.9. The highest BCUT2D eigenvalue weighted by molar-refractivity contribution is 7.17. The van der Waals surface area contributed by atoms with Gasteiger partial charge in [0.2, 0.25) is 11.8 Å². The van der Waals surface area contributed by atoms with Gasteiger partial charge in [-0.2, -0.15) is 0 Å². The molecule has 8 heteroatoms. The van der Waals surface area contributed by atoms with Crippen molar-refractivity contribution in [1.82, 2.24) is 4.98 Å². The van der Waals surface area contributed by atoms with Crippen molar-refractivity contribution in [3.05, 3.63) is 75.9 Å². The van der Waals surface area contributed by atoms with Crippen LogP contribution in [0.4, 0.5) is 11.4 Å². The number of thiophene rings is 1. The first-order chi connectivity index (χ1) is 15.0. The zero-order chi connectivity index (χ0) is 21.8. The summed E-state index contributed by atoms with van der Waals surface area (Å²) in [7, 11) is 0. The van der Waals surface area contributed by atoms with E-state index in [0.717, 1.165) is 26.0 Å². The standard InChI is InChI=1S/C23H18ClN3O2S2/c1-14(28)25-17-10-9-16(24)12-18(17)26-21(29)13-20-22(19-8-5-11-30-19)27-23(31-20)15-6-3-2-4-7-15/h2-12H,13H2,1H3,(H,25,28)(H,26,29). The number of rotatable bonds is 6. The Hall–Kier alpha value is -3.00. The van der Waals surface area contributed by atoms with Crippen LogP contribution in [0.1, 0.15) is 11.8 Å². The Morgan fingerprint density at radius 1 is 1.00 bits per heavy atom. The summed E-state index contributed by atoms with van der Waals surface area (Å²) in [6.45, 7) is 1.41. The van der Waals surface area contributed by atoms with Crippen LogP contribution in [0.3, 0.4) is 0 Å². The number of carbonyl (C=O) groups excluding carboxylic acids is 2. The number of benzene rings is 2. The van der Waals surface area contributed by atoms with E-state index in [-0.39, 0.29) is 18.2 Å². The fourth-order valence-corrected chi connectivity index (χ4v) is 5.10. The molecular weight excluding hydrogens is 450 g/mol. The molecule has 0 aliphatic rings. The van der Waals surface area contributed by atoms with Gasteiger partial charge in [-0.1, -0.05) is 48.0 Å². The molecule has 2 aromatic heterocycles. The van der Waals surface area contributed by atoms with E-state index in [1.54, 1.807) is 29.5 Å². The molecule has 4 aromatic rings. The van der Waals surface area contributed by atoms with Gasteiger partial charge in [-0.15, -0.1) is 22.7 Å². The lowest BCUT2D eigenvalue weighted by molar-refractivity contribution is -0.116. The van der Waals surface area contributed by atoms with Crippen molar-refractivity contribution in [1.29, 1.82) is 0 Å². The summed E-state index contributed by atoms with van der Waals surface area (Å²) in [4.78, 5) is 31.1. The van der Waals surface area contributed by atoms with Gasteiger partial charge >= 0.3 is 0 Å². The average molecular weight is 468 g/mol. The molecule has 0 aliphatic carbocycles. The van der Waals surface area contributed by atoms with Crippen LogP contribution in [0.25, 0.3) is 21.1 Å². The number of nitrogens with one attached hydrogen (secondary N) is 2. The maximum Gasteiger partial charge on any atom is 0.229 e. The molecule has 2 aromatic carbocycles. The Balaban J connectivity index is 1.62. The Bertz CT molecular complexity index is 1220. The fraction of sp³-hybridized carbons (Fsp3) is 0.0870. The molecular formula is C23H18ClN3O2S2. The third-order valence-corrected chi connectivity index (χ3v) is 6.58. The topological polar surface area (TPSA) is 71.1 Å². The smallest absolute Gasteiger partial charge is 0.229 e. The highest BCUT2D eigenvalue weighted by Gasteiger charge is 2.19. The number of nitrogens with zero attached hydrogens (tertiary/aromatic N) is 1. The molecule has 0 atom stereocenters. The summed E-state index contributed by atoms with van der Waals surface area (Å²) in [5, 5.41) is 8.91. The number of hydrogen-bond donors (Lipinski definition) is 2. The minimum absolute atomic E-state index is 0.157. The minimum Gasteiger partial charge on any atom is -0.325 e. The normalized spacial score (nSPS) is 10.6. The van der Waals surface area contributed by atoms with Gasteiger partial charge in [-0.05, 0) is 29.6 Å². The monoisotopic (exact) mass is 467 g/mol. The first kappa shape index (κ1) is 21.2. The van der Waals surface area contributed by atoms with Gasteiger partial charge < -0.3 is 10.6 Å². The second kappa shape index (κ2) is 9.43. The first-order valence-electron chi connectivity index (χ1n) is 9.45. The van der Waals surface area contributed by atoms with Crippen LogP contribution in [0.5, 0.6) is 0 Å². The van der Waals surface area contributed by atoms with E-state index >= 15 is 0 Å². The number of thiazole rings is 1. The summed E-state index contributed by atoms with van der Waals surface area (Å²) < 4.78 is 0. The van der Waals surface area contributed by atoms with Crippen molar-refractivity contribution in [3.63, 3.8) is 0 Å². The Morgan fingerprint density at radius 2 is 1.81 bits per heavy atom. The third kappa shape index (κ3) is 5.19. The van der Waals surface area contributed by atoms with E-state index in [4.69, 9.17) is 16.6 Å². The largest absolute Gasteiger partial charge is 0.325 e. The molecule has 5 nitrogen and oxygen atoms in total. The van der Waals surface area contributed by atoms with Gasteiger partial charge in [-0.25, -0.2) is 4.98 Å². The fourth-order valence-electron chi connectivity index (χ4n) is 3.04. The van der Waals surface area contributed by atoms with Crippen LogP contribution >= 0.6 is 34.3 Å². The van der Waals surface area contributed by atoms with E-state index < -0.39 is 0 Å². The first-order valence-corrected chi connectivity index (χ1v) is 11.5. The van der Waals surface area contributed by atoms with Crippen molar-refractivity contribution in [2.45, 2.75) is 13.3 Å². The molecule has 0 radical (unpaired) electrons. The predicted molar refractivity (Wildman–Crippen MR) is 129 cm³/mol. The van der Waals surface area contributed by atoms with E-state index in [0.29, 0.717) is 16.4 Å². The van der Waals surface area contributed by atoms with Crippen LogP contribution in [0, 0.1) is 0 Å². The lowest BCUT2D eigenvalue weighted by Gasteiger charge is -2.12. The molecule has 0 aliphatic heterocycles. The van der Waals surface area contributed by atoms with Crippen molar-refractivity contribution in [2.24, 2.45) is 0 Å². The Kier molecular flexibility index (Phi) is 6.46. The van der Waals surface area contributed by atoms with Crippen molar-refractivity contribution < 1.29 is 9.59 Å². The Morgan fingerprint density at radius 3 is 2.52 bits per heavy atom. The van der Waals surface area contributed by atoms with E-state index in [1.165, 1.54) is 18.3 Å². The SMILES string of the molecule is CC(=O)Nc1ccc(Cl)cc1NC(=O)Cc1sc(-c2ccccc2)nc1-c1cccs1. The van der Waals surface area contributed by atoms with Gasteiger partial charge in [0.25, 0.3) is 0 Å². The minimum atomic E-state index is -0.229. The quantitative estimate of drug-likeness (QED) is 0.348. The molecule has 0 bridgehead atoms. The molecule has 0 unspecified atom stereocenters. The lowest BCUT2D eigenvalue weighted by Crippen LogP contribution is -2.16. The molecule has 2 N–H and O–H groups in total. The molecule has 31 heavy (non-hydrogen) atoms. The van der Waals surface area contributed by atoms with Crippen LogP contribution in [0.15, 0.2) is 66.0 Å². The van der Waals surface area contributed by atoms with Gasteiger partial charge in [0.15, 0.2) is 0 Å². The predicted octanol–water partition coefficient (Wildman–Crippen LogP) is 6.33. The maximum atomic E-state index is 12.9. The zero-order valence-electron chi connectivity index (χ0n) is 16.5. The van der Waals surface area contributed by atoms with Crippen LogP contribution in [-0.2, 0) is 16.0 Å². The molecule has 0 spiro atoms. The highest BCUT2D eigenvalue weighted by atomic mass is 35.5. The molecule has 156 valence electrons. The summed E-state index contributed by atoms with van der Waals surface area (Å²) in [5.41, 5.74) is 2.79. The molecule has 4 rings (SSSR count). The van der Waals surface area contributed by atoms with Gasteiger partial charge in [0.1, 0.15) is 5.01 Å². The van der Waals surface area contributed by atoms with Gasteiger partial charge in [0, 0.05) is 22.4 Å². The summed E-state index contributed by atoms with van der Waals surface area (Å²) >= 11 is 9.19. The number of halogens is 1. The number of amides is 2. The van der Waals surface area contributed by atoms with Crippen molar-refractivity contribution in [2.75, 3.05) is 10.6 Å². The van der Waals surface area contributed by atoms with E-state index in [1.807, 2.05) is 47.8 Å². The number of anilines is 2. The molecule has 0 fully saturated rings. The van der Waals surface area contributed by atoms with Crippen molar-refractivity contribution in [3.8, 4) is 21.1 Å². The molecule has 2 amide bonds. The number of hydrogen-bond acceptors (Lipinski definition) is 5. The highest BCUT2D eigenvalue weighted by Crippen LogP contribution is 2.36. The van der Waals surface area contributed by atoms with E-state index in [2.05, 4.69) is 10.6 Å². The molecule has 0 saturated heterocycles. The summed E-state index contributed by atoms with van der Waals surface area (Å²) in [5.74, 6) is -0.442. The number of carbonyl (C=O) groups is 2. The van der Waals surface area contributed by atoms with Gasteiger partial charge in [0.05, 0.1) is 28.4 Å². The second-order valence-corrected chi connectivity index (χ2v) is 9.20. The average Bonchev–Trinajstić information content (AvgIpc) is 3.40. The van der Waals surface area contributed by atoms with Crippen LogP contribution < -0.4 is 10.6 Å². The second-order valence-electron chi connectivity index (χ2n) is 6.73. The van der Waals surface area contributed by atoms with Crippen molar-refractivity contribution >= 4 is 57.5 Å². The molecule has 2 heterocycles.